The van der Waals surface area contributed by atoms with Crippen molar-refractivity contribution < 1.29 is 4.79 Å². The first-order valence-corrected chi connectivity index (χ1v) is 1.20. The molecule has 0 aromatic carbocycles. The van der Waals surface area contributed by atoms with E-state index in [4.69, 9.17) is 0 Å². The van der Waals surface area contributed by atoms with Crippen LogP contribution in [-0.2, 0) is 4.79 Å². The third-order valence-electron chi connectivity index (χ3n) is 0. The number of ketones is 1. The molecule has 0 saturated carbocycles. The number of halogens is 1. The van der Waals surface area contributed by atoms with Crippen LogP contribution in [0.5, 0.6) is 0 Å². The van der Waals surface area contributed by atoms with Gasteiger partial charge in [-0.25, -0.2) is 0 Å². The minimum atomic E-state index is 0. The van der Waals surface area contributed by atoms with Crippen molar-refractivity contribution in [3.8, 4) is 0 Å². The summed E-state index contributed by atoms with van der Waals surface area (Å²) < 4.78 is 0. The summed E-state index contributed by atoms with van der Waals surface area (Å²) in [5.41, 5.74) is 0. The van der Waals surface area contributed by atoms with Gasteiger partial charge >= 0.3 is 48.9 Å². The predicted octanol–water partition coefficient (Wildman–Crippen LogP) is 0.101. The maximum absolute atomic E-state index is 9.44. The predicted molar refractivity (Wildman–Crippen MR) is 32.1 cm³/mol. The van der Waals surface area contributed by atoms with E-state index in [0.717, 1.165) is 0 Å². The molecule has 0 spiro atoms. The van der Waals surface area contributed by atoms with Crippen LogP contribution in [0, 0.1) is 0 Å². The van der Waals surface area contributed by atoms with Gasteiger partial charge in [0.05, 0.1) is 0 Å². The summed E-state index contributed by atoms with van der Waals surface area (Å²) in [6, 6.07) is 0. The second-order valence-corrected chi connectivity index (χ2v) is 0.908. The zero-order chi connectivity index (χ0) is 3.58. The minimum absolute atomic E-state index is 0. The molecule has 0 amide bonds. The van der Waals surface area contributed by atoms with Crippen molar-refractivity contribution in [2.75, 3.05) is 0 Å². The van der Waals surface area contributed by atoms with Crippen molar-refractivity contribution in [2.45, 2.75) is 13.8 Å². The number of hydrogen-bond acceptors (Lipinski definition) is 1. The van der Waals surface area contributed by atoms with Crippen LogP contribution in [0.25, 0.3) is 0 Å². The van der Waals surface area contributed by atoms with E-state index in [2.05, 4.69) is 0 Å². The van der Waals surface area contributed by atoms with Crippen LogP contribution in [0.3, 0.4) is 0 Å². The van der Waals surface area contributed by atoms with Crippen LogP contribution in [0.15, 0.2) is 0 Å². The van der Waals surface area contributed by atoms with Gasteiger partial charge in [0.25, 0.3) is 0 Å². The average molecular weight is 234 g/mol. The molecule has 0 aromatic rings. The molecule has 0 fully saturated rings. The molecule has 0 aromatic heterocycles. The molecule has 0 N–H and O–H groups in total. The van der Waals surface area contributed by atoms with Crippen LogP contribution in [0.2, 0.25) is 0 Å². The van der Waals surface area contributed by atoms with Crippen LogP contribution in [-0.4, -0.2) is 54.7 Å². The zero-order valence-corrected chi connectivity index (χ0v) is 4.13. The molecule has 0 atom stereocenters. The first-order valence-electron chi connectivity index (χ1n) is 1.20. The molecule has 0 heterocycles. The van der Waals surface area contributed by atoms with Gasteiger partial charge in [0.1, 0.15) is 5.78 Å². The van der Waals surface area contributed by atoms with Crippen LogP contribution in [0.1, 0.15) is 13.8 Å². The van der Waals surface area contributed by atoms with E-state index in [1.54, 1.807) is 0 Å². The van der Waals surface area contributed by atoms with Gasteiger partial charge in [-0.05, 0) is 13.8 Å². The summed E-state index contributed by atoms with van der Waals surface area (Å²) in [5.74, 6) is 0.167. The topological polar surface area (TPSA) is 17.1 Å². The number of carbonyl (C=O) groups excluding carboxylic acids is 1. The first-order chi connectivity index (χ1) is 1.73. The number of rotatable bonds is 0. The van der Waals surface area contributed by atoms with Gasteiger partial charge in [0.2, 0.25) is 0 Å². The molecule has 0 aliphatic carbocycles. The maximum atomic E-state index is 9.44. The zero-order valence-electron chi connectivity index (χ0n) is 3.32. The second-order valence-electron chi connectivity index (χ2n) is 0.908. The Bertz CT molecular complexity index is 33.8. The molecule has 0 bridgehead atoms. The second kappa shape index (κ2) is 9.73. The Morgan fingerprint density at radius 3 is 1.33 bits per heavy atom. The molecule has 0 aliphatic rings. The summed E-state index contributed by atoms with van der Waals surface area (Å²) in [6.45, 7) is 3.06. The van der Waals surface area contributed by atoms with Crippen molar-refractivity contribution in [1.82, 2.24) is 0 Å². The van der Waals surface area contributed by atoms with Gasteiger partial charge < -0.3 is 4.79 Å². The van der Waals surface area contributed by atoms with Crippen LogP contribution >= 0.6 is 12.4 Å². The van der Waals surface area contributed by atoms with Crippen LogP contribution in [0.4, 0.5) is 0 Å². The number of hydrogen-bond donors (Lipinski definition) is 0. The fraction of sp³-hybridized carbons (Fsp3) is 0.667. The van der Waals surface area contributed by atoms with Gasteiger partial charge in [-0.15, -0.1) is 12.4 Å². The Labute approximate surface area is 84.4 Å². The van der Waals surface area contributed by atoms with E-state index in [0.29, 0.717) is 0 Å². The van der Waals surface area contributed by atoms with E-state index < -0.39 is 0 Å². The molecular formula is C3H9BaClO. The van der Waals surface area contributed by atoms with Crippen molar-refractivity contribution >= 4 is 67.1 Å². The molecule has 0 aliphatic heterocycles. The monoisotopic (exact) mass is 234 g/mol. The quantitative estimate of drug-likeness (QED) is 0.543. The van der Waals surface area contributed by atoms with E-state index in [-0.39, 0.29) is 67.1 Å². The number of carbonyl (C=O) groups is 1. The summed E-state index contributed by atoms with van der Waals surface area (Å²) in [4.78, 5) is 9.44. The normalized spacial score (nSPS) is 4.33. The molecule has 0 unspecified atom stereocenters. The Morgan fingerprint density at radius 1 is 1.33 bits per heavy atom. The third-order valence-corrected chi connectivity index (χ3v) is 0. The van der Waals surface area contributed by atoms with Gasteiger partial charge in [-0.2, -0.15) is 0 Å². The van der Waals surface area contributed by atoms with Crippen molar-refractivity contribution in [1.29, 1.82) is 0 Å². The van der Waals surface area contributed by atoms with Crippen molar-refractivity contribution in [3.63, 3.8) is 0 Å². The molecule has 1 nitrogen and oxygen atoms in total. The third kappa shape index (κ3) is 48.4. The van der Waals surface area contributed by atoms with Gasteiger partial charge in [0.15, 0.2) is 0 Å². The van der Waals surface area contributed by atoms with E-state index in [1.807, 2.05) is 0 Å². The Balaban J connectivity index is -0.0000000450. The SMILES string of the molecule is CC(C)=O.Cl.[BaH2]. The van der Waals surface area contributed by atoms with E-state index in [9.17, 15) is 4.79 Å². The summed E-state index contributed by atoms with van der Waals surface area (Å²) in [7, 11) is 0. The molecule has 3 heteroatoms. The van der Waals surface area contributed by atoms with Gasteiger partial charge in [0, 0.05) is 0 Å². The standard InChI is InChI=1S/C3H6O.Ba.ClH.2H/c1-3(2)4;;;;/h1-2H3;;1H;;. The molecule has 36 valence electrons. The number of Topliss-reactive ketones (excluding diaryl/α,β-unsaturated/α-hetero) is 1. The molecule has 0 rings (SSSR count). The summed E-state index contributed by atoms with van der Waals surface area (Å²) in [5, 5.41) is 0. The Hall–Kier alpha value is 1.53. The van der Waals surface area contributed by atoms with Crippen molar-refractivity contribution in [3.05, 3.63) is 0 Å². The van der Waals surface area contributed by atoms with E-state index >= 15 is 0 Å². The average Bonchev–Trinajstić information content (AvgIpc) is 0.811. The fourth-order valence-electron chi connectivity index (χ4n) is 0. The van der Waals surface area contributed by atoms with Gasteiger partial charge in [-0.3, -0.25) is 0 Å². The molecule has 0 saturated heterocycles. The van der Waals surface area contributed by atoms with Gasteiger partial charge in [-0.1, -0.05) is 0 Å². The van der Waals surface area contributed by atoms with Crippen molar-refractivity contribution in [2.24, 2.45) is 0 Å². The summed E-state index contributed by atoms with van der Waals surface area (Å²) in [6.07, 6.45) is 0. The molecular weight excluding hydrogens is 225 g/mol. The first kappa shape index (κ1) is 15.6. The molecule has 0 radical (unpaired) electrons. The van der Waals surface area contributed by atoms with E-state index in [1.165, 1.54) is 13.8 Å². The Kier molecular flexibility index (Phi) is 25.4. The van der Waals surface area contributed by atoms with Crippen LogP contribution < -0.4 is 0 Å². The Morgan fingerprint density at radius 2 is 1.33 bits per heavy atom. The fourth-order valence-corrected chi connectivity index (χ4v) is 0. The summed E-state index contributed by atoms with van der Waals surface area (Å²) >= 11 is 0. The molecule has 6 heavy (non-hydrogen) atoms.